The summed E-state index contributed by atoms with van der Waals surface area (Å²) in [4.78, 5) is 67.3. The van der Waals surface area contributed by atoms with Gasteiger partial charge in [0.25, 0.3) is 0 Å². The Morgan fingerprint density at radius 3 is 2.40 bits per heavy atom. The van der Waals surface area contributed by atoms with E-state index in [2.05, 4.69) is 31.5 Å². The van der Waals surface area contributed by atoms with E-state index in [1.807, 2.05) is 29.2 Å². The molecule has 16 heteroatoms. The number of tetrazole rings is 1. The Morgan fingerprint density at radius 2 is 1.69 bits per heavy atom. The zero-order valence-electron chi connectivity index (χ0n) is 25.4. The molecule has 3 aromatic carbocycles. The topological polar surface area (TPSA) is 192 Å². The standard InChI is InChI=1S/C32H30ClN9O6/c33-21-9-12-26(42-18-34-38-39-42)25(16-21)36-29(44)30(45)37-28-23(31(46)47)2-1-3-24(28)35-27(43)13-8-19-6-10-22(11-7-19)41-15-14-40(32(41)48)17-20-4-5-20/h1-3,6-7,9-12,16,18,20H,4-5,8,13-15,17H2,(H,35,43)(H,36,44)(H,37,45)(H,46,47). The van der Waals surface area contributed by atoms with Crippen molar-refractivity contribution < 1.29 is 29.1 Å². The van der Waals surface area contributed by atoms with Gasteiger partial charge in [0.15, 0.2) is 0 Å². The Labute approximate surface area is 278 Å². The number of aromatic nitrogens is 4. The number of anilines is 4. The van der Waals surface area contributed by atoms with Crippen LogP contribution >= 0.6 is 11.6 Å². The minimum atomic E-state index is -1.38. The Kier molecular flexibility index (Phi) is 9.29. The summed E-state index contributed by atoms with van der Waals surface area (Å²) in [5, 5.41) is 28.3. The smallest absolute Gasteiger partial charge is 0.337 e. The molecular weight excluding hydrogens is 642 g/mol. The summed E-state index contributed by atoms with van der Waals surface area (Å²) in [5.41, 5.74) is 1.49. The van der Waals surface area contributed by atoms with Crippen LogP contribution in [0.1, 0.15) is 35.2 Å². The van der Waals surface area contributed by atoms with Gasteiger partial charge in [0.2, 0.25) is 5.91 Å². The molecule has 2 heterocycles. The average Bonchev–Trinajstić information content (AvgIpc) is 3.58. The molecule has 4 N–H and O–H groups in total. The van der Waals surface area contributed by atoms with Gasteiger partial charge in [-0.05, 0) is 83.6 Å². The number of halogens is 1. The predicted octanol–water partition coefficient (Wildman–Crippen LogP) is 3.81. The van der Waals surface area contributed by atoms with Crippen molar-refractivity contribution in [1.82, 2.24) is 25.1 Å². The highest BCUT2D eigenvalue weighted by molar-refractivity contribution is 6.44. The largest absolute Gasteiger partial charge is 0.478 e. The molecule has 15 nitrogen and oxygen atoms in total. The number of carboxylic acids is 1. The predicted molar refractivity (Wildman–Crippen MR) is 175 cm³/mol. The van der Waals surface area contributed by atoms with Crippen LogP contribution in [0.3, 0.4) is 0 Å². The molecule has 1 saturated carbocycles. The van der Waals surface area contributed by atoms with Gasteiger partial charge in [-0.25, -0.2) is 9.59 Å². The molecule has 5 amide bonds. The van der Waals surface area contributed by atoms with Gasteiger partial charge in [-0.2, -0.15) is 4.68 Å². The summed E-state index contributed by atoms with van der Waals surface area (Å²) in [6, 6.07) is 16.0. The number of para-hydroxylation sites is 1. The summed E-state index contributed by atoms with van der Waals surface area (Å²) in [5.74, 6) is -3.55. The molecule has 1 saturated heterocycles. The van der Waals surface area contributed by atoms with Gasteiger partial charge in [0, 0.05) is 36.8 Å². The SMILES string of the molecule is O=C(CCc1ccc(N2CCN(CC3CC3)C2=O)cc1)Nc1cccc(C(=O)O)c1NC(=O)C(=O)Nc1cc(Cl)ccc1-n1cnnn1. The third-order valence-corrected chi connectivity index (χ3v) is 8.21. The molecule has 4 aromatic rings. The molecule has 0 radical (unpaired) electrons. The monoisotopic (exact) mass is 671 g/mol. The van der Waals surface area contributed by atoms with E-state index in [1.54, 1.807) is 11.0 Å². The van der Waals surface area contributed by atoms with E-state index in [9.17, 15) is 29.1 Å². The molecular formula is C32H30ClN9O6. The van der Waals surface area contributed by atoms with Crippen molar-refractivity contribution >= 4 is 64.1 Å². The molecule has 1 aliphatic carbocycles. The fourth-order valence-corrected chi connectivity index (χ4v) is 5.49. The van der Waals surface area contributed by atoms with Crippen molar-refractivity contribution in [2.45, 2.75) is 25.7 Å². The number of hydrogen-bond acceptors (Lipinski definition) is 8. The van der Waals surface area contributed by atoms with Crippen LogP contribution in [-0.4, -0.2) is 79.6 Å². The van der Waals surface area contributed by atoms with Crippen molar-refractivity contribution in [3.05, 3.63) is 83.1 Å². The zero-order chi connectivity index (χ0) is 33.8. The van der Waals surface area contributed by atoms with Crippen LogP contribution in [0.4, 0.5) is 27.5 Å². The van der Waals surface area contributed by atoms with Gasteiger partial charge in [0.1, 0.15) is 6.33 Å². The van der Waals surface area contributed by atoms with E-state index in [4.69, 9.17) is 11.6 Å². The second kappa shape index (κ2) is 13.9. The Morgan fingerprint density at radius 1 is 0.917 bits per heavy atom. The molecule has 2 fully saturated rings. The second-order valence-electron chi connectivity index (χ2n) is 11.4. The lowest BCUT2D eigenvalue weighted by atomic mass is 10.1. The van der Waals surface area contributed by atoms with E-state index in [0.717, 1.165) is 17.8 Å². The maximum Gasteiger partial charge on any atom is 0.337 e. The highest BCUT2D eigenvalue weighted by Crippen LogP contribution is 2.32. The highest BCUT2D eigenvalue weighted by atomic mass is 35.5. The van der Waals surface area contributed by atoms with Crippen LogP contribution in [0.2, 0.25) is 5.02 Å². The van der Waals surface area contributed by atoms with E-state index in [1.165, 1.54) is 54.2 Å². The number of carboxylic acid groups (broad SMARTS) is 1. The number of urea groups is 1. The first-order valence-electron chi connectivity index (χ1n) is 15.1. The molecule has 0 spiro atoms. The van der Waals surface area contributed by atoms with Gasteiger partial charge >= 0.3 is 23.8 Å². The van der Waals surface area contributed by atoms with Gasteiger partial charge in [-0.15, -0.1) is 5.10 Å². The van der Waals surface area contributed by atoms with Crippen LogP contribution in [0, 0.1) is 5.92 Å². The quantitative estimate of drug-likeness (QED) is 0.172. The molecule has 48 heavy (non-hydrogen) atoms. The zero-order valence-corrected chi connectivity index (χ0v) is 26.2. The first-order chi connectivity index (χ1) is 23.2. The molecule has 1 aliphatic heterocycles. The van der Waals surface area contributed by atoms with Gasteiger partial charge in [-0.3, -0.25) is 19.3 Å². The fraction of sp³-hybridized carbons (Fsp3) is 0.250. The number of aromatic carboxylic acids is 1. The van der Waals surface area contributed by atoms with Crippen LogP contribution in [0.25, 0.3) is 5.69 Å². The number of hydrogen-bond donors (Lipinski definition) is 4. The third kappa shape index (κ3) is 7.41. The number of nitrogens with zero attached hydrogens (tertiary/aromatic N) is 6. The van der Waals surface area contributed by atoms with Crippen molar-refractivity contribution in [2.24, 2.45) is 5.92 Å². The van der Waals surface area contributed by atoms with Crippen LogP contribution in [0.5, 0.6) is 0 Å². The fourth-order valence-electron chi connectivity index (χ4n) is 5.32. The number of carbonyl (C=O) groups excluding carboxylic acids is 4. The number of benzene rings is 3. The van der Waals surface area contributed by atoms with Gasteiger partial charge in [-0.1, -0.05) is 29.8 Å². The summed E-state index contributed by atoms with van der Waals surface area (Å²) in [6.07, 6.45) is 4.04. The minimum Gasteiger partial charge on any atom is -0.478 e. The second-order valence-corrected chi connectivity index (χ2v) is 11.8. The molecule has 2 aliphatic rings. The van der Waals surface area contributed by atoms with Gasteiger partial charge < -0.3 is 26.0 Å². The maximum atomic E-state index is 13.0. The third-order valence-electron chi connectivity index (χ3n) is 7.98. The lowest BCUT2D eigenvalue weighted by Gasteiger charge is -2.19. The van der Waals surface area contributed by atoms with E-state index in [-0.39, 0.29) is 40.1 Å². The maximum absolute atomic E-state index is 13.0. The number of amides is 5. The van der Waals surface area contributed by atoms with Crippen LogP contribution < -0.4 is 20.9 Å². The summed E-state index contributed by atoms with van der Waals surface area (Å²) in [6.45, 7) is 2.15. The minimum absolute atomic E-state index is 0.00294. The van der Waals surface area contributed by atoms with E-state index < -0.39 is 23.7 Å². The summed E-state index contributed by atoms with van der Waals surface area (Å²) < 4.78 is 1.25. The summed E-state index contributed by atoms with van der Waals surface area (Å²) in [7, 11) is 0. The lowest BCUT2D eigenvalue weighted by molar-refractivity contribution is -0.132. The Hall–Kier alpha value is -5.83. The number of aryl methyl sites for hydroxylation is 1. The van der Waals surface area contributed by atoms with E-state index >= 15 is 0 Å². The molecule has 1 aromatic heterocycles. The van der Waals surface area contributed by atoms with E-state index in [0.29, 0.717) is 31.1 Å². The number of rotatable bonds is 11. The highest BCUT2D eigenvalue weighted by Gasteiger charge is 2.34. The molecule has 6 rings (SSSR count). The number of carbonyl (C=O) groups is 5. The van der Waals surface area contributed by atoms with Crippen molar-refractivity contribution in [1.29, 1.82) is 0 Å². The normalized spacial score (nSPS) is 14.1. The first kappa shape index (κ1) is 32.1. The first-order valence-corrected chi connectivity index (χ1v) is 15.5. The number of nitrogens with one attached hydrogen (secondary N) is 3. The molecule has 0 bridgehead atoms. The molecule has 0 unspecified atom stereocenters. The molecule has 0 atom stereocenters. The summed E-state index contributed by atoms with van der Waals surface area (Å²) >= 11 is 6.09. The lowest BCUT2D eigenvalue weighted by Crippen LogP contribution is -2.33. The average molecular weight is 672 g/mol. The Balaban J connectivity index is 1.09. The van der Waals surface area contributed by atoms with Crippen molar-refractivity contribution in [3.8, 4) is 5.69 Å². The van der Waals surface area contributed by atoms with Gasteiger partial charge in [0.05, 0.1) is 28.3 Å². The van der Waals surface area contributed by atoms with Crippen LogP contribution in [-0.2, 0) is 20.8 Å². The molecule has 246 valence electrons. The van der Waals surface area contributed by atoms with Crippen molar-refractivity contribution in [2.75, 3.05) is 40.5 Å². The van der Waals surface area contributed by atoms with Crippen molar-refractivity contribution in [3.63, 3.8) is 0 Å². The Bertz CT molecular complexity index is 1880. The van der Waals surface area contributed by atoms with Crippen LogP contribution in [0.15, 0.2) is 67.0 Å².